The maximum atomic E-state index is 11.6. The number of hydrogen-bond acceptors (Lipinski definition) is 4. The summed E-state index contributed by atoms with van der Waals surface area (Å²) in [5, 5.41) is 8.83. The van der Waals surface area contributed by atoms with Crippen molar-refractivity contribution in [2.75, 3.05) is 13.0 Å². The number of benzene rings is 1. The van der Waals surface area contributed by atoms with Gasteiger partial charge in [0.2, 0.25) is 0 Å². The molecule has 1 aromatic carbocycles. The SMILES string of the molecule is COC(=O)c1cc(C(=O)CCCl)ccc1C#N. The molecule has 88 valence electrons. The first kappa shape index (κ1) is 13.2. The fraction of sp³-hybridized carbons (Fsp3) is 0.250. The number of ketones is 1. The Bertz CT molecular complexity index is 491. The van der Waals surface area contributed by atoms with Crippen molar-refractivity contribution in [1.29, 1.82) is 5.26 Å². The van der Waals surface area contributed by atoms with Gasteiger partial charge in [0.25, 0.3) is 0 Å². The average Bonchev–Trinajstić information content (AvgIpc) is 2.37. The van der Waals surface area contributed by atoms with E-state index in [1.54, 1.807) is 0 Å². The minimum absolute atomic E-state index is 0.0930. The number of Topliss-reactive ketones (excluding diaryl/α,β-unsaturated/α-hetero) is 1. The first-order valence-electron chi connectivity index (χ1n) is 4.85. The van der Waals surface area contributed by atoms with Gasteiger partial charge in [0.15, 0.2) is 5.78 Å². The molecule has 0 unspecified atom stereocenters. The summed E-state index contributed by atoms with van der Waals surface area (Å²) >= 11 is 5.47. The topological polar surface area (TPSA) is 67.2 Å². The van der Waals surface area contributed by atoms with E-state index in [-0.39, 0.29) is 29.2 Å². The fourth-order valence-electron chi connectivity index (χ4n) is 1.32. The van der Waals surface area contributed by atoms with Gasteiger partial charge in [0, 0.05) is 17.9 Å². The van der Waals surface area contributed by atoms with E-state index >= 15 is 0 Å². The summed E-state index contributed by atoms with van der Waals surface area (Å²) in [4.78, 5) is 23.0. The van der Waals surface area contributed by atoms with Crippen LogP contribution in [-0.4, -0.2) is 24.7 Å². The minimum atomic E-state index is -0.637. The van der Waals surface area contributed by atoms with Crippen LogP contribution in [0.15, 0.2) is 18.2 Å². The molecule has 0 aliphatic rings. The zero-order valence-electron chi connectivity index (χ0n) is 9.20. The van der Waals surface area contributed by atoms with Gasteiger partial charge in [-0.2, -0.15) is 5.26 Å². The second kappa shape index (κ2) is 6.02. The Labute approximate surface area is 104 Å². The van der Waals surface area contributed by atoms with Crippen molar-refractivity contribution in [3.63, 3.8) is 0 Å². The lowest BCUT2D eigenvalue weighted by atomic mass is 10.0. The molecule has 0 saturated heterocycles. The summed E-state index contributed by atoms with van der Waals surface area (Å²) in [5.74, 6) is -0.594. The molecule has 0 N–H and O–H groups in total. The normalized spacial score (nSPS) is 9.47. The number of methoxy groups -OCH3 is 1. The fourth-order valence-corrected chi connectivity index (χ4v) is 1.50. The van der Waals surface area contributed by atoms with Crippen molar-refractivity contribution in [1.82, 2.24) is 0 Å². The lowest BCUT2D eigenvalue weighted by Crippen LogP contribution is -2.07. The molecule has 0 amide bonds. The van der Waals surface area contributed by atoms with Crippen LogP contribution in [-0.2, 0) is 4.74 Å². The quantitative estimate of drug-likeness (QED) is 0.467. The van der Waals surface area contributed by atoms with Crippen LogP contribution in [0, 0.1) is 11.3 Å². The maximum absolute atomic E-state index is 11.6. The van der Waals surface area contributed by atoms with Crippen LogP contribution in [0.25, 0.3) is 0 Å². The third-order valence-electron chi connectivity index (χ3n) is 2.19. The number of hydrogen-bond donors (Lipinski definition) is 0. The van der Waals surface area contributed by atoms with Crippen molar-refractivity contribution >= 4 is 23.4 Å². The van der Waals surface area contributed by atoms with Crippen LogP contribution in [0.4, 0.5) is 0 Å². The van der Waals surface area contributed by atoms with Crippen molar-refractivity contribution in [2.24, 2.45) is 0 Å². The number of alkyl halides is 1. The van der Waals surface area contributed by atoms with Crippen molar-refractivity contribution in [3.05, 3.63) is 34.9 Å². The predicted molar refractivity (Wildman–Crippen MR) is 62.2 cm³/mol. The zero-order valence-corrected chi connectivity index (χ0v) is 9.95. The Morgan fingerprint density at radius 3 is 2.71 bits per heavy atom. The highest BCUT2D eigenvalue weighted by molar-refractivity contribution is 6.19. The van der Waals surface area contributed by atoms with Crippen molar-refractivity contribution < 1.29 is 14.3 Å². The molecule has 0 radical (unpaired) electrons. The van der Waals surface area contributed by atoms with Crippen LogP contribution >= 0.6 is 11.6 Å². The highest BCUT2D eigenvalue weighted by Gasteiger charge is 2.15. The molecular formula is C12H10ClNO3. The van der Waals surface area contributed by atoms with E-state index in [4.69, 9.17) is 16.9 Å². The summed E-state index contributed by atoms with van der Waals surface area (Å²) in [6.45, 7) is 0. The van der Waals surface area contributed by atoms with Gasteiger partial charge in [0.1, 0.15) is 6.07 Å². The average molecular weight is 252 g/mol. The van der Waals surface area contributed by atoms with E-state index in [2.05, 4.69) is 4.74 Å². The van der Waals surface area contributed by atoms with E-state index in [1.807, 2.05) is 6.07 Å². The molecule has 4 nitrogen and oxygen atoms in total. The highest BCUT2D eigenvalue weighted by atomic mass is 35.5. The van der Waals surface area contributed by atoms with Crippen LogP contribution in [0.3, 0.4) is 0 Å². The smallest absolute Gasteiger partial charge is 0.339 e. The van der Waals surface area contributed by atoms with Crippen molar-refractivity contribution in [3.8, 4) is 6.07 Å². The van der Waals surface area contributed by atoms with Crippen LogP contribution in [0.2, 0.25) is 0 Å². The Morgan fingerprint density at radius 2 is 2.18 bits per heavy atom. The zero-order chi connectivity index (χ0) is 12.8. The molecule has 1 rings (SSSR count). The number of rotatable bonds is 4. The summed E-state index contributed by atoms with van der Waals surface area (Å²) < 4.78 is 4.55. The molecule has 0 aliphatic carbocycles. The predicted octanol–water partition coefficient (Wildman–Crippen LogP) is 2.16. The Balaban J connectivity index is 3.19. The third-order valence-corrected chi connectivity index (χ3v) is 2.38. The number of halogens is 1. The van der Waals surface area contributed by atoms with Gasteiger partial charge in [-0.3, -0.25) is 4.79 Å². The molecule has 0 aliphatic heterocycles. The molecular weight excluding hydrogens is 242 g/mol. The standard InChI is InChI=1S/C12H10ClNO3/c1-17-12(16)10-6-8(11(15)4-5-13)2-3-9(10)7-14/h2-3,6H,4-5H2,1H3. The van der Waals surface area contributed by atoms with Gasteiger partial charge < -0.3 is 4.74 Å². The molecule has 5 heteroatoms. The van der Waals surface area contributed by atoms with E-state index in [9.17, 15) is 9.59 Å². The number of carbonyl (C=O) groups excluding carboxylic acids is 2. The molecule has 0 bridgehead atoms. The molecule has 0 fully saturated rings. The van der Waals surface area contributed by atoms with Crippen molar-refractivity contribution in [2.45, 2.75) is 6.42 Å². The largest absolute Gasteiger partial charge is 0.465 e. The number of nitriles is 1. The molecule has 17 heavy (non-hydrogen) atoms. The Kier molecular flexibility index (Phi) is 4.68. The lowest BCUT2D eigenvalue weighted by Gasteiger charge is -2.04. The molecule has 0 spiro atoms. The third kappa shape index (κ3) is 3.05. The first-order valence-corrected chi connectivity index (χ1v) is 5.39. The molecule has 0 aromatic heterocycles. The van der Waals surface area contributed by atoms with Crippen LogP contribution < -0.4 is 0 Å². The van der Waals surface area contributed by atoms with Crippen LogP contribution in [0.1, 0.15) is 32.7 Å². The lowest BCUT2D eigenvalue weighted by molar-refractivity contribution is 0.0600. The van der Waals surface area contributed by atoms with E-state index < -0.39 is 5.97 Å². The summed E-state index contributed by atoms with van der Waals surface area (Å²) in [7, 11) is 1.22. The van der Waals surface area contributed by atoms with Gasteiger partial charge in [0.05, 0.1) is 18.2 Å². The second-order valence-corrected chi connectivity index (χ2v) is 3.60. The number of nitrogens with zero attached hydrogens (tertiary/aromatic N) is 1. The van der Waals surface area contributed by atoms with Gasteiger partial charge in [-0.05, 0) is 12.1 Å². The summed E-state index contributed by atoms with van der Waals surface area (Å²) in [6.07, 6.45) is 0.189. The monoisotopic (exact) mass is 251 g/mol. The van der Waals surface area contributed by atoms with Crippen LogP contribution in [0.5, 0.6) is 0 Å². The molecule has 0 saturated carbocycles. The number of carbonyl (C=O) groups is 2. The van der Waals surface area contributed by atoms with E-state index in [0.717, 1.165) is 0 Å². The number of ether oxygens (including phenoxy) is 1. The first-order chi connectivity index (χ1) is 8.13. The highest BCUT2D eigenvalue weighted by Crippen LogP contribution is 2.14. The van der Waals surface area contributed by atoms with Gasteiger partial charge >= 0.3 is 5.97 Å². The second-order valence-electron chi connectivity index (χ2n) is 3.23. The number of esters is 1. The maximum Gasteiger partial charge on any atom is 0.339 e. The Hall–Kier alpha value is -1.86. The van der Waals surface area contributed by atoms with Gasteiger partial charge in [-0.1, -0.05) is 6.07 Å². The summed E-state index contributed by atoms with van der Waals surface area (Å²) in [6, 6.07) is 6.16. The molecule has 0 heterocycles. The molecule has 1 aromatic rings. The minimum Gasteiger partial charge on any atom is -0.465 e. The van der Waals surface area contributed by atoms with E-state index in [1.165, 1.54) is 25.3 Å². The van der Waals surface area contributed by atoms with E-state index in [0.29, 0.717) is 5.56 Å². The Morgan fingerprint density at radius 1 is 1.47 bits per heavy atom. The molecule has 0 atom stereocenters. The van der Waals surface area contributed by atoms with Gasteiger partial charge in [-0.25, -0.2) is 4.79 Å². The summed E-state index contributed by atoms with van der Waals surface area (Å²) in [5.41, 5.74) is 0.625. The van der Waals surface area contributed by atoms with Gasteiger partial charge in [-0.15, -0.1) is 11.6 Å².